The summed E-state index contributed by atoms with van der Waals surface area (Å²) in [6, 6.07) is 24.4. The highest BCUT2D eigenvalue weighted by atomic mass is 28.3. The monoisotopic (exact) mass is 1070 g/mol. The number of nitrogens with one attached hydrogen (secondary N) is 5. The van der Waals surface area contributed by atoms with E-state index in [0.717, 1.165) is 60.1 Å². The average Bonchev–Trinajstić information content (AvgIpc) is 3.99. The van der Waals surface area contributed by atoms with Crippen LogP contribution in [0.1, 0.15) is 120 Å². The number of likely N-dealkylation sites (tertiary alicyclic amines) is 1. The third kappa shape index (κ3) is 13.5. The summed E-state index contributed by atoms with van der Waals surface area (Å²) in [5.74, 6) is -2.58. The topological polar surface area (TPSA) is 236 Å². The number of rotatable bonds is 14. The second-order valence-corrected chi connectivity index (χ2v) is 27.8. The molecule has 0 aromatic heterocycles. The van der Waals surface area contributed by atoms with Crippen molar-refractivity contribution in [2.75, 3.05) is 25.1 Å². The fourth-order valence-corrected chi connectivity index (χ4v) is 13.9. The number of carbonyl (C=O) groups is 8. The van der Waals surface area contributed by atoms with Crippen LogP contribution in [0.3, 0.4) is 0 Å². The second kappa shape index (κ2) is 23.4. The zero-order valence-electron chi connectivity index (χ0n) is 45.0. The zero-order chi connectivity index (χ0) is 55.3. The number of anilines is 1. The van der Waals surface area contributed by atoms with Gasteiger partial charge in [-0.15, -0.1) is 0 Å². The van der Waals surface area contributed by atoms with E-state index in [1.807, 2.05) is 42.5 Å². The minimum absolute atomic E-state index is 0.0343. The number of likely N-dealkylation sites (N-methyl/N-ethyl adjacent to an activating group) is 1. The number of carboxylic acid groups (broad SMARTS) is 1. The van der Waals surface area contributed by atoms with E-state index in [-0.39, 0.29) is 48.5 Å². The number of hydrogen-bond acceptors (Lipinski definition) is 9. The summed E-state index contributed by atoms with van der Waals surface area (Å²) in [5, 5.41) is 25.0. The predicted octanol–water partition coefficient (Wildman–Crippen LogP) is 6.92. The summed E-state index contributed by atoms with van der Waals surface area (Å²) in [4.78, 5) is 113. The Bertz CT molecular complexity index is 2890. The summed E-state index contributed by atoms with van der Waals surface area (Å²) >= 11 is 0. The molecule has 0 saturated carbocycles. The van der Waals surface area contributed by atoms with Crippen molar-refractivity contribution >= 4 is 61.4 Å². The Morgan fingerprint density at radius 2 is 1.27 bits per heavy atom. The van der Waals surface area contributed by atoms with Crippen LogP contribution < -0.4 is 26.6 Å². The molecular weight excluding hydrogens is 997 g/mol. The maximum atomic E-state index is 14.9. The van der Waals surface area contributed by atoms with Gasteiger partial charge in [-0.25, -0.2) is 9.59 Å². The van der Waals surface area contributed by atoms with Crippen LogP contribution >= 0.6 is 0 Å². The van der Waals surface area contributed by atoms with Gasteiger partial charge >= 0.3 is 12.2 Å². The molecule has 2 aliphatic carbocycles. The van der Waals surface area contributed by atoms with Crippen molar-refractivity contribution in [3.63, 3.8) is 0 Å². The van der Waals surface area contributed by atoms with E-state index in [2.05, 4.69) is 45.7 Å². The zero-order valence-corrected chi connectivity index (χ0v) is 46.0. The van der Waals surface area contributed by atoms with Gasteiger partial charge in [-0.1, -0.05) is 73.8 Å². The molecular formula is C58H72N8O10Si. The highest BCUT2D eigenvalue weighted by molar-refractivity contribution is 6.79. The minimum atomic E-state index is -2.11. The highest BCUT2D eigenvalue weighted by Gasteiger charge is 2.47. The van der Waals surface area contributed by atoms with Crippen molar-refractivity contribution in [3.05, 3.63) is 136 Å². The minimum Gasteiger partial charge on any atom is -0.465 e. The quantitative estimate of drug-likeness (QED) is 0.0714. The van der Waals surface area contributed by atoms with E-state index in [1.54, 1.807) is 56.9 Å². The Morgan fingerprint density at radius 1 is 0.727 bits per heavy atom. The summed E-state index contributed by atoms with van der Waals surface area (Å²) in [6.45, 7) is 10.9. The van der Waals surface area contributed by atoms with Gasteiger partial charge in [-0.05, 0) is 143 Å². The highest BCUT2D eigenvalue weighted by Crippen LogP contribution is 2.34. The van der Waals surface area contributed by atoms with Gasteiger partial charge in [0.05, 0.1) is 20.2 Å². The van der Waals surface area contributed by atoms with Gasteiger partial charge < -0.3 is 41.3 Å². The molecule has 5 unspecified atom stereocenters. The SMILES string of the molecule is CC(C(=O)NC(Cc1ccc(NC(=O)c2ccc(C(=O)NC3CC(C(=O)N[C@@H]4CCCc5ccccc54)N(C(=O)O)C3)cc2)cc1)C(=O)N1C[Si](C)(C)CC1C(=O)N[C@@H]1CCCc2ccccc21)N(C)C(=O)OC(C)(C)C. The second-order valence-electron chi connectivity index (χ2n) is 22.8. The Balaban J connectivity index is 0.909. The first-order valence-corrected chi connectivity index (χ1v) is 30.1. The van der Waals surface area contributed by atoms with Crippen molar-refractivity contribution in [2.24, 2.45) is 0 Å². The molecule has 4 aromatic rings. The molecule has 4 aromatic carbocycles. The third-order valence-electron chi connectivity index (χ3n) is 15.2. The lowest BCUT2D eigenvalue weighted by Gasteiger charge is -2.33. The van der Waals surface area contributed by atoms with E-state index in [4.69, 9.17) is 4.74 Å². The number of hydrogen-bond donors (Lipinski definition) is 6. The lowest BCUT2D eigenvalue weighted by molar-refractivity contribution is -0.141. The predicted molar refractivity (Wildman–Crippen MR) is 293 cm³/mol. The average molecular weight is 1070 g/mol. The molecule has 19 heteroatoms. The molecule has 4 aliphatic rings. The van der Waals surface area contributed by atoms with Crippen LogP contribution in [0.2, 0.25) is 19.1 Å². The van der Waals surface area contributed by atoms with Gasteiger partial charge in [0, 0.05) is 49.0 Å². The molecule has 8 amide bonds. The Hall–Kier alpha value is -7.54. The van der Waals surface area contributed by atoms with Crippen LogP contribution in [0, 0.1) is 0 Å². The van der Waals surface area contributed by atoms with Crippen LogP contribution in [0.15, 0.2) is 97.1 Å². The number of nitrogens with zero attached hydrogens (tertiary/aromatic N) is 3. The largest absolute Gasteiger partial charge is 0.465 e. The fourth-order valence-electron chi connectivity index (χ4n) is 11.0. The number of aryl methyl sites for hydroxylation is 2. The van der Waals surface area contributed by atoms with Crippen LogP contribution in [-0.2, 0) is 43.2 Å². The Kier molecular flexibility index (Phi) is 16.9. The molecule has 0 bridgehead atoms. The third-order valence-corrected chi connectivity index (χ3v) is 17.9. The molecule has 408 valence electrons. The van der Waals surface area contributed by atoms with Crippen LogP contribution in [0.5, 0.6) is 0 Å². The number of fused-ring (bicyclic) bond motifs is 2. The summed E-state index contributed by atoms with van der Waals surface area (Å²) in [5.41, 5.74) is 5.25. The van der Waals surface area contributed by atoms with E-state index in [1.165, 1.54) is 41.8 Å². The lowest BCUT2D eigenvalue weighted by atomic mass is 9.87. The van der Waals surface area contributed by atoms with E-state index in [9.17, 15) is 43.5 Å². The summed E-state index contributed by atoms with van der Waals surface area (Å²) in [6.07, 6.45) is 3.80. The molecule has 8 rings (SSSR count). The molecule has 2 saturated heterocycles. The van der Waals surface area contributed by atoms with Crippen molar-refractivity contribution < 1.29 is 48.2 Å². The van der Waals surface area contributed by atoms with Crippen molar-refractivity contribution in [1.82, 2.24) is 36.0 Å². The van der Waals surface area contributed by atoms with Gasteiger partial charge in [0.25, 0.3) is 11.8 Å². The van der Waals surface area contributed by atoms with Gasteiger partial charge in [0.1, 0.15) is 29.8 Å². The molecule has 77 heavy (non-hydrogen) atoms. The first-order chi connectivity index (χ1) is 36.5. The normalized spacial score (nSPS) is 21.3. The maximum Gasteiger partial charge on any atom is 0.410 e. The van der Waals surface area contributed by atoms with Gasteiger partial charge in [0.15, 0.2) is 0 Å². The molecule has 2 heterocycles. The molecule has 0 radical (unpaired) electrons. The van der Waals surface area contributed by atoms with Crippen molar-refractivity contribution in [2.45, 2.75) is 146 Å². The molecule has 2 aliphatic heterocycles. The maximum absolute atomic E-state index is 14.9. The Morgan fingerprint density at radius 3 is 1.83 bits per heavy atom. The van der Waals surface area contributed by atoms with E-state index < -0.39 is 85.6 Å². The number of carbonyl (C=O) groups excluding carboxylic acids is 7. The Labute approximate surface area is 451 Å². The number of ether oxygens (including phenoxy) is 1. The van der Waals surface area contributed by atoms with Crippen molar-refractivity contribution in [3.8, 4) is 0 Å². The van der Waals surface area contributed by atoms with Gasteiger partial charge in [0.2, 0.25) is 23.6 Å². The molecule has 6 N–H and O–H groups in total. The number of benzene rings is 4. The standard InChI is InChI=1S/C58H72N8O10Si/c1-35(64(5)57(75)76-58(2,3)4)50(67)63-47(55(72)66-34-77(6,7)33-49(66)54(71)62-46-21-13-17-38-15-9-11-19-44(38)46)30-36-22-28-41(29-23-36)59-51(68)39-24-26-40(27-25-39)52(69)60-42-31-48(65(32-42)56(73)74)53(70)61-45-20-12-16-37-14-8-10-18-43(37)45/h8-11,14-15,18-19,22-29,35,42,45-49H,12-13,16-17,20-21,30-34H2,1-7H3,(H,59,68)(H,60,69)(H,61,70)(H,62,71)(H,63,67)(H,73,74)/t35?,42?,45-,46-,47?,48?,49?/m1/s1. The summed E-state index contributed by atoms with van der Waals surface area (Å²) < 4.78 is 5.51. The molecule has 2 fully saturated rings. The van der Waals surface area contributed by atoms with Crippen molar-refractivity contribution in [1.29, 1.82) is 0 Å². The fraction of sp³-hybridized carbons (Fsp3) is 0.448. The lowest BCUT2D eigenvalue weighted by Crippen LogP contribution is -2.57. The first-order valence-electron chi connectivity index (χ1n) is 26.7. The van der Waals surface area contributed by atoms with Crippen LogP contribution in [0.4, 0.5) is 15.3 Å². The van der Waals surface area contributed by atoms with E-state index >= 15 is 0 Å². The molecule has 18 nitrogen and oxygen atoms in total. The van der Waals surface area contributed by atoms with Crippen LogP contribution in [-0.4, -0.2) is 131 Å². The van der Waals surface area contributed by atoms with Gasteiger partial charge in [-0.3, -0.25) is 38.6 Å². The molecule has 7 atom stereocenters. The van der Waals surface area contributed by atoms with E-state index in [0.29, 0.717) is 23.5 Å². The number of amides is 8. The first kappa shape index (κ1) is 55.7. The summed E-state index contributed by atoms with van der Waals surface area (Å²) in [7, 11) is -0.653. The smallest absolute Gasteiger partial charge is 0.410 e. The molecule has 0 spiro atoms. The van der Waals surface area contributed by atoms with Crippen LogP contribution in [0.25, 0.3) is 0 Å². The van der Waals surface area contributed by atoms with Gasteiger partial charge in [-0.2, -0.15) is 0 Å².